The van der Waals surface area contributed by atoms with Crippen molar-refractivity contribution in [2.75, 3.05) is 39.3 Å². The van der Waals surface area contributed by atoms with E-state index in [2.05, 4.69) is 4.98 Å². The Morgan fingerprint density at radius 3 is 2.69 bits per heavy atom. The molecule has 4 heterocycles. The number of rotatable bonds is 8. The third-order valence-electron chi connectivity index (χ3n) is 6.48. The summed E-state index contributed by atoms with van der Waals surface area (Å²) in [5.74, 6) is -0.196. The maximum absolute atomic E-state index is 13.3. The Balaban J connectivity index is 1.28. The lowest BCUT2D eigenvalue weighted by Gasteiger charge is -2.25. The number of benzene rings is 1. The fourth-order valence-corrected chi connectivity index (χ4v) is 5.33. The number of carbonyl (C=O) groups is 3. The molecule has 0 spiro atoms. The molecule has 1 aromatic carbocycles. The maximum atomic E-state index is 13.3. The van der Waals surface area contributed by atoms with E-state index in [0.717, 1.165) is 23.5 Å². The van der Waals surface area contributed by atoms with E-state index in [-0.39, 0.29) is 30.4 Å². The SMILES string of the molecule is O=C1CCCN1CCCN1CC(OCc2ccccc2)CN(C(=O)c2cn3ccsc3n2)CC1=O. The van der Waals surface area contributed by atoms with Gasteiger partial charge in [-0.2, -0.15) is 0 Å². The highest BCUT2D eigenvalue weighted by molar-refractivity contribution is 7.15. The Morgan fingerprint density at radius 2 is 1.91 bits per heavy atom. The van der Waals surface area contributed by atoms with Crippen LogP contribution < -0.4 is 0 Å². The molecule has 9 nitrogen and oxygen atoms in total. The van der Waals surface area contributed by atoms with Gasteiger partial charge in [0.2, 0.25) is 11.8 Å². The maximum Gasteiger partial charge on any atom is 0.274 e. The number of imidazole rings is 1. The minimum atomic E-state index is -0.331. The molecule has 0 radical (unpaired) electrons. The van der Waals surface area contributed by atoms with Crippen LogP contribution in [-0.4, -0.2) is 87.2 Å². The van der Waals surface area contributed by atoms with Gasteiger partial charge in [-0.15, -0.1) is 11.3 Å². The fraction of sp³-hybridized carbons (Fsp3) is 0.440. The third kappa shape index (κ3) is 5.54. The van der Waals surface area contributed by atoms with Crippen LogP contribution in [-0.2, 0) is 20.9 Å². The van der Waals surface area contributed by atoms with Crippen LogP contribution in [0.2, 0.25) is 0 Å². The van der Waals surface area contributed by atoms with Crippen molar-refractivity contribution in [3.63, 3.8) is 0 Å². The molecule has 2 aliphatic heterocycles. The van der Waals surface area contributed by atoms with Crippen molar-refractivity contribution in [3.8, 4) is 0 Å². The van der Waals surface area contributed by atoms with Gasteiger partial charge in [0.1, 0.15) is 12.2 Å². The molecule has 1 atom stereocenters. The van der Waals surface area contributed by atoms with E-state index >= 15 is 0 Å². The zero-order valence-corrected chi connectivity index (χ0v) is 20.4. The van der Waals surface area contributed by atoms with Crippen LogP contribution in [0.1, 0.15) is 35.3 Å². The summed E-state index contributed by atoms with van der Waals surface area (Å²) in [6, 6.07) is 9.86. The first-order valence-electron chi connectivity index (χ1n) is 12.0. The zero-order chi connectivity index (χ0) is 24.2. The molecule has 0 aliphatic carbocycles. The molecule has 0 N–H and O–H groups in total. The van der Waals surface area contributed by atoms with Gasteiger partial charge in [-0.25, -0.2) is 4.98 Å². The van der Waals surface area contributed by atoms with E-state index in [1.165, 1.54) is 11.3 Å². The number of aromatic nitrogens is 2. The molecule has 3 aromatic rings. The number of fused-ring (bicyclic) bond motifs is 1. The zero-order valence-electron chi connectivity index (χ0n) is 19.5. The monoisotopic (exact) mass is 495 g/mol. The van der Waals surface area contributed by atoms with Crippen LogP contribution in [0.15, 0.2) is 48.1 Å². The second kappa shape index (κ2) is 10.6. The van der Waals surface area contributed by atoms with E-state index in [9.17, 15) is 14.4 Å². The number of carbonyl (C=O) groups excluding carboxylic acids is 3. The Kier molecular flexibility index (Phi) is 7.10. The number of nitrogens with zero attached hydrogens (tertiary/aromatic N) is 5. The van der Waals surface area contributed by atoms with Crippen molar-refractivity contribution in [3.05, 3.63) is 59.4 Å². The highest BCUT2D eigenvalue weighted by atomic mass is 32.1. The fourth-order valence-electron chi connectivity index (χ4n) is 4.63. The van der Waals surface area contributed by atoms with E-state index in [4.69, 9.17) is 4.74 Å². The molecule has 10 heteroatoms. The number of amides is 3. The van der Waals surface area contributed by atoms with Gasteiger partial charge in [-0.3, -0.25) is 18.8 Å². The first-order chi connectivity index (χ1) is 17.1. The summed E-state index contributed by atoms with van der Waals surface area (Å²) in [4.78, 5) is 48.7. The summed E-state index contributed by atoms with van der Waals surface area (Å²) in [6.07, 6.45) is 5.45. The van der Waals surface area contributed by atoms with E-state index in [0.29, 0.717) is 51.3 Å². The first-order valence-corrected chi connectivity index (χ1v) is 12.9. The van der Waals surface area contributed by atoms with Crippen molar-refractivity contribution < 1.29 is 19.1 Å². The molecule has 1 unspecified atom stereocenters. The Labute approximate surface area is 207 Å². The summed E-state index contributed by atoms with van der Waals surface area (Å²) < 4.78 is 8.02. The molecule has 2 fully saturated rings. The lowest BCUT2D eigenvalue weighted by molar-refractivity contribution is -0.131. The smallest absolute Gasteiger partial charge is 0.274 e. The molecule has 0 bridgehead atoms. The van der Waals surface area contributed by atoms with Gasteiger partial charge in [0.05, 0.1) is 12.7 Å². The van der Waals surface area contributed by atoms with Crippen molar-refractivity contribution in [2.24, 2.45) is 0 Å². The number of thiazole rings is 1. The highest BCUT2D eigenvalue weighted by Crippen LogP contribution is 2.17. The average Bonchev–Trinajstić information content (AvgIpc) is 3.55. The minimum Gasteiger partial charge on any atom is -0.370 e. The molecular formula is C25H29N5O4S. The van der Waals surface area contributed by atoms with Crippen molar-refractivity contribution in [1.29, 1.82) is 0 Å². The van der Waals surface area contributed by atoms with Crippen LogP contribution in [0.3, 0.4) is 0 Å². The topological polar surface area (TPSA) is 87.5 Å². The number of hydrogen-bond donors (Lipinski definition) is 0. The number of ether oxygens (including phenoxy) is 1. The highest BCUT2D eigenvalue weighted by Gasteiger charge is 2.32. The van der Waals surface area contributed by atoms with Crippen LogP contribution >= 0.6 is 11.3 Å². The van der Waals surface area contributed by atoms with Gasteiger partial charge >= 0.3 is 0 Å². The Morgan fingerprint density at radius 1 is 1.09 bits per heavy atom. The lowest BCUT2D eigenvalue weighted by atomic mass is 10.2. The summed E-state index contributed by atoms with van der Waals surface area (Å²) in [5, 5.41) is 1.91. The van der Waals surface area contributed by atoms with E-state index < -0.39 is 0 Å². The summed E-state index contributed by atoms with van der Waals surface area (Å²) in [5.41, 5.74) is 1.36. The van der Waals surface area contributed by atoms with E-state index in [1.807, 2.05) is 51.2 Å². The second-order valence-electron chi connectivity index (χ2n) is 9.00. The van der Waals surface area contributed by atoms with Crippen molar-refractivity contribution in [2.45, 2.75) is 32.0 Å². The van der Waals surface area contributed by atoms with Gasteiger partial charge < -0.3 is 19.4 Å². The van der Waals surface area contributed by atoms with Crippen molar-refractivity contribution >= 4 is 34.0 Å². The summed E-state index contributed by atoms with van der Waals surface area (Å²) >= 11 is 1.46. The minimum absolute atomic E-state index is 0.0160. The number of hydrogen-bond acceptors (Lipinski definition) is 6. The molecule has 2 aliphatic rings. The van der Waals surface area contributed by atoms with Gasteiger partial charge in [0.25, 0.3) is 5.91 Å². The van der Waals surface area contributed by atoms with Crippen LogP contribution in [0.5, 0.6) is 0 Å². The Bertz CT molecular complexity index is 1160. The average molecular weight is 496 g/mol. The van der Waals surface area contributed by atoms with E-state index in [1.54, 1.807) is 16.0 Å². The Hall–Kier alpha value is -3.24. The third-order valence-corrected chi connectivity index (χ3v) is 7.25. The van der Waals surface area contributed by atoms with Gasteiger partial charge in [-0.05, 0) is 18.4 Å². The predicted molar refractivity (Wildman–Crippen MR) is 131 cm³/mol. The standard InChI is InChI=1S/C25H29N5O4S/c31-22-8-4-9-27(22)10-5-11-28-14-20(34-18-19-6-2-1-3-7-19)15-30(17-23(28)32)24(33)21-16-29-12-13-35-25(29)26-21/h1-3,6-7,12-13,16,20H,4-5,8-11,14-15,17-18H2. The van der Waals surface area contributed by atoms with Gasteiger partial charge in [-0.1, -0.05) is 30.3 Å². The second-order valence-corrected chi connectivity index (χ2v) is 9.87. The van der Waals surface area contributed by atoms with Crippen LogP contribution in [0.4, 0.5) is 0 Å². The molecule has 3 amide bonds. The number of likely N-dealkylation sites (tertiary alicyclic amines) is 1. The predicted octanol–water partition coefficient (Wildman–Crippen LogP) is 2.28. The molecule has 35 heavy (non-hydrogen) atoms. The molecule has 0 saturated carbocycles. The molecule has 5 rings (SSSR count). The summed E-state index contributed by atoms with van der Waals surface area (Å²) in [6.45, 7) is 3.06. The van der Waals surface area contributed by atoms with Gasteiger partial charge in [0.15, 0.2) is 4.96 Å². The van der Waals surface area contributed by atoms with Crippen LogP contribution in [0.25, 0.3) is 4.96 Å². The molecule has 2 aromatic heterocycles. The van der Waals surface area contributed by atoms with Crippen LogP contribution in [0, 0.1) is 0 Å². The quantitative estimate of drug-likeness (QED) is 0.479. The summed E-state index contributed by atoms with van der Waals surface area (Å²) in [7, 11) is 0. The lowest BCUT2D eigenvalue weighted by Crippen LogP contribution is -2.40. The van der Waals surface area contributed by atoms with Gasteiger partial charge in [0, 0.05) is 56.9 Å². The molecule has 184 valence electrons. The first kappa shape index (κ1) is 23.5. The molecular weight excluding hydrogens is 466 g/mol. The molecule has 2 saturated heterocycles. The van der Waals surface area contributed by atoms with Crippen molar-refractivity contribution in [1.82, 2.24) is 24.1 Å². The largest absolute Gasteiger partial charge is 0.370 e. The normalized spacial score (nSPS) is 19.1.